The predicted molar refractivity (Wildman–Crippen MR) is 117 cm³/mol. The number of carbonyl (C=O) groups is 2. The van der Waals surface area contributed by atoms with Crippen molar-refractivity contribution in [2.24, 2.45) is 0 Å². The summed E-state index contributed by atoms with van der Waals surface area (Å²) in [5.41, 5.74) is 1.26. The van der Waals surface area contributed by atoms with Crippen LogP contribution >= 0.6 is 11.6 Å². The standard InChI is InChI=1S/C23H24ClN3O4/c24-18-4-2-17(3-5-18)21(28)19-20(16-6-8-25-9-7-16)27(23(30)22(19)29)11-1-10-26-12-14-31-15-13-26/h2-9,20,28H,1,10-15H2/b21-19+/t20-/m0/s1. The number of morpholine rings is 1. The molecule has 8 heteroatoms. The van der Waals surface area contributed by atoms with Crippen LogP contribution in [-0.2, 0) is 14.3 Å². The van der Waals surface area contributed by atoms with Crippen molar-refractivity contribution in [1.29, 1.82) is 0 Å². The fourth-order valence-corrected chi connectivity index (χ4v) is 4.18. The lowest BCUT2D eigenvalue weighted by Gasteiger charge is -2.29. The van der Waals surface area contributed by atoms with E-state index in [-0.39, 0.29) is 11.3 Å². The molecule has 4 rings (SSSR count). The number of aliphatic hydroxyl groups excluding tert-OH is 1. The van der Waals surface area contributed by atoms with Crippen molar-refractivity contribution in [2.45, 2.75) is 12.5 Å². The van der Waals surface area contributed by atoms with Crippen LogP contribution in [0.25, 0.3) is 5.76 Å². The Balaban J connectivity index is 1.64. The Bertz CT molecular complexity index is 972. The molecule has 0 radical (unpaired) electrons. The van der Waals surface area contributed by atoms with E-state index in [1.807, 2.05) is 0 Å². The Hall–Kier alpha value is -2.74. The summed E-state index contributed by atoms with van der Waals surface area (Å²) < 4.78 is 5.38. The lowest BCUT2D eigenvalue weighted by atomic mass is 9.96. The van der Waals surface area contributed by atoms with Gasteiger partial charge >= 0.3 is 0 Å². The quantitative estimate of drug-likeness (QED) is 0.421. The second kappa shape index (κ2) is 9.60. The monoisotopic (exact) mass is 441 g/mol. The van der Waals surface area contributed by atoms with Gasteiger partial charge in [0.05, 0.1) is 24.8 Å². The molecule has 1 N–H and O–H groups in total. The van der Waals surface area contributed by atoms with E-state index in [1.54, 1.807) is 53.7 Å². The third-order valence-electron chi connectivity index (χ3n) is 5.66. The van der Waals surface area contributed by atoms with Gasteiger partial charge in [0.1, 0.15) is 5.76 Å². The molecule has 31 heavy (non-hydrogen) atoms. The fourth-order valence-electron chi connectivity index (χ4n) is 4.06. The predicted octanol–water partition coefficient (Wildman–Crippen LogP) is 2.88. The van der Waals surface area contributed by atoms with Gasteiger partial charge in [-0.1, -0.05) is 11.6 Å². The number of aromatic nitrogens is 1. The normalized spacial score (nSPS) is 21.6. The zero-order valence-electron chi connectivity index (χ0n) is 17.0. The number of hydrogen-bond donors (Lipinski definition) is 1. The van der Waals surface area contributed by atoms with Crippen molar-refractivity contribution in [3.05, 3.63) is 70.5 Å². The first-order chi connectivity index (χ1) is 15.1. The summed E-state index contributed by atoms with van der Waals surface area (Å²) >= 11 is 5.95. The van der Waals surface area contributed by atoms with Gasteiger partial charge in [-0.05, 0) is 48.4 Å². The maximum atomic E-state index is 13.0. The Labute approximate surface area is 185 Å². The van der Waals surface area contributed by atoms with Crippen molar-refractivity contribution < 1.29 is 19.4 Å². The van der Waals surface area contributed by atoms with Crippen LogP contribution in [0.1, 0.15) is 23.6 Å². The van der Waals surface area contributed by atoms with Gasteiger partial charge in [-0.25, -0.2) is 0 Å². The zero-order valence-corrected chi connectivity index (χ0v) is 17.8. The number of halogens is 1. The number of likely N-dealkylation sites (tertiary alicyclic amines) is 1. The van der Waals surface area contributed by atoms with Crippen LogP contribution in [0.15, 0.2) is 54.4 Å². The Morgan fingerprint density at radius 1 is 1.06 bits per heavy atom. The van der Waals surface area contributed by atoms with E-state index in [9.17, 15) is 14.7 Å². The molecule has 2 aliphatic rings. The van der Waals surface area contributed by atoms with Crippen LogP contribution in [0.5, 0.6) is 0 Å². The first-order valence-corrected chi connectivity index (χ1v) is 10.7. The van der Waals surface area contributed by atoms with E-state index in [4.69, 9.17) is 16.3 Å². The SMILES string of the molecule is O=C1C(=O)N(CCCN2CCOCC2)[C@@H](c2ccncc2)/C1=C(\O)c1ccc(Cl)cc1. The van der Waals surface area contributed by atoms with Gasteiger partial charge in [0.15, 0.2) is 0 Å². The molecule has 0 unspecified atom stereocenters. The van der Waals surface area contributed by atoms with Crippen LogP contribution < -0.4 is 0 Å². The number of pyridine rings is 1. The highest BCUT2D eigenvalue weighted by atomic mass is 35.5. The molecule has 3 heterocycles. The van der Waals surface area contributed by atoms with Crippen LogP contribution in [0, 0.1) is 0 Å². The minimum atomic E-state index is -0.680. The number of benzene rings is 1. The molecule has 0 saturated carbocycles. The lowest BCUT2D eigenvalue weighted by molar-refractivity contribution is -0.140. The lowest BCUT2D eigenvalue weighted by Crippen LogP contribution is -2.38. The van der Waals surface area contributed by atoms with Gasteiger partial charge in [-0.3, -0.25) is 19.5 Å². The minimum absolute atomic E-state index is 0.0879. The molecule has 7 nitrogen and oxygen atoms in total. The van der Waals surface area contributed by atoms with E-state index in [0.717, 1.165) is 31.6 Å². The molecule has 1 aromatic carbocycles. The molecule has 0 aliphatic carbocycles. The molecule has 2 saturated heterocycles. The number of aliphatic hydroxyl groups is 1. The number of nitrogens with zero attached hydrogens (tertiary/aromatic N) is 3. The Morgan fingerprint density at radius 2 is 1.74 bits per heavy atom. The fraction of sp³-hybridized carbons (Fsp3) is 0.348. The number of Topliss-reactive ketones (excluding diaryl/α,β-unsaturated/α-hetero) is 1. The second-order valence-corrected chi connectivity index (χ2v) is 8.02. The number of rotatable bonds is 6. The Kier molecular flexibility index (Phi) is 6.65. The highest BCUT2D eigenvalue weighted by molar-refractivity contribution is 6.46. The molecule has 2 aromatic rings. The smallest absolute Gasteiger partial charge is 0.295 e. The van der Waals surface area contributed by atoms with Crippen molar-refractivity contribution >= 4 is 29.1 Å². The average Bonchev–Trinajstić information content (AvgIpc) is 3.05. The number of carbonyl (C=O) groups excluding carboxylic acids is 2. The summed E-state index contributed by atoms with van der Waals surface area (Å²) in [6, 6.07) is 9.40. The molecule has 2 aliphatic heterocycles. The first kappa shape index (κ1) is 21.5. The van der Waals surface area contributed by atoms with Crippen LogP contribution in [0.2, 0.25) is 5.02 Å². The Morgan fingerprint density at radius 3 is 2.42 bits per heavy atom. The van der Waals surface area contributed by atoms with Crippen molar-refractivity contribution in [2.75, 3.05) is 39.4 Å². The summed E-state index contributed by atoms with van der Waals surface area (Å²) in [4.78, 5) is 33.8. The zero-order chi connectivity index (χ0) is 21.8. The van der Waals surface area contributed by atoms with E-state index in [1.165, 1.54) is 0 Å². The summed E-state index contributed by atoms with van der Waals surface area (Å²) in [6.45, 7) is 4.37. The summed E-state index contributed by atoms with van der Waals surface area (Å²) in [7, 11) is 0. The second-order valence-electron chi connectivity index (χ2n) is 7.59. The van der Waals surface area contributed by atoms with Gasteiger partial charge in [0, 0.05) is 49.2 Å². The molecule has 2 fully saturated rings. The van der Waals surface area contributed by atoms with Crippen molar-refractivity contribution in [3.63, 3.8) is 0 Å². The van der Waals surface area contributed by atoms with E-state index in [2.05, 4.69) is 9.88 Å². The minimum Gasteiger partial charge on any atom is -0.507 e. The van der Waals surface area contributed by atoms with E-state index >= 15 is 0 Å². The van der Waals surface area contributed by atoms with Crippen molar-refractivity contribution in [1.82, 2.24) is 14.8 Å². The maximum absolute atomic E-state index is 13.0. The topological polar surface area (TPSA) is 83.0 Å². The van der Waals surface area contributed by atoms with Gasteiger partial charge in [0.2, 0.25) is 0 Å². The molecule has 0 bridgehead atoms. The van der Waals surface area contributed by atoms with Crippen LogP contribution in [-0.4, -0.2) is 71.0 Å². The molecule has 1 amide bonds. The molecular weight excluding hydrogens is 418 g/mol. The highest BCUT2D eigenvalue weighted by Gasteiger charge is 2.45. The average molecular weight is 442 g/mol. The molecule has 1 atom stereocenters. The van der Waals surface area contributed by atoms with Gasteiger partial charge in [-0.2, -0.15) is 0 Å². The summed E-state index contributed by atoms with van der Waals surface area (Å²) in [5.74, 6) is -1.48. The van der Waals surface area contributed by atoms with Crippen LogP contribution in [0.3, 0.4) is 0 Å². The number of amides is 1. The van der Waals surface area contributed by atoms with Gasteiger partial charge < -0.3 is 14.7 Å². The summed E-state index contributed by atoms with van der Waals surface area (Å²) in [5, 5.41) is 11.5. The van der Waals surface area contributed by atoms with E-state index in [0.29, 0.717) is 30.3 Å². The largest absolute Gasteiger partial charge is 0.507 e. The third kappa shape index (κ3) is 4.63. The third-order valence-corrected chi connectivity index (χ3v) is 5.91. The van der Waals surface area contributed by atoms with Gasteiger partial charge in [-0.15, -0.1) is 0 Å². The number of ketones is 1. The number of ether oxygens (including phenoxy) is 1. The highest BCUT2D eigenvalue weighted by Crippen LogP contribution is 2.39. The molecule has 0 spiro atoms. The maximum Gasteiger partial charge on any atom is 0.295 e. The molecule has 162 valence electrons. The molecule has 1 aromatic heterocycles. The van der Waals surface area contributed by atoms with Crippen LogP contribution in [0.4, 0.5) is 0 Å². The van der Waals surface area contributed by atoms with Gasteiger partial charge in [0.25, 0.3) is 11.7 Å². The first-order valence-electron chi connectivity index (χ1n) is 10.3. The van der Waals surface area contributed by atoms with Crippen molar-refractivity contribution in [3.8, 4) is 0 Å². The molecular formula is C23H24ClN3O4. The summed E-state index contributed by atoms with van der Waals surface area (Å²) in [6.07, 6.45) is 3.95. The van der Waals surface area contributed by atoms with E-state index < -0.39 is 17.7 Å². The number of hydrogen-bond acceptors (Lipinski definition) is 6.